The Labute approximate surface area is 229 Å². The van der Waals surface area contributed by atoms with Gasteiger partial charge >= 0.3 is 6.09 Å². The molecule has 1 N–H and O–H groups in total. The summed E-state index contributed by atoms with van der Waals surface area (Å²) >= 11 is 0. The fraction of sp³-hybridized carbons (Fsp3) is 0.355. The number of aryl methyl sites for hydroxylation is 1. The summed E-state index contributed by atoms with van der Waals surface area (Å²) in [5, 5.41) is 29.8. The Kier molecular flexibility index (Phi) is 8.18. The molecular formula is C31H32N4O4. The maximum atomic E-state index is 13.4. The van der Waals surface area contributed by atoms with E-state index in [4.69, 9.17) is 9.47 Å². The molecule has 3 aromatic rings. The third-order valence-corrected chi connectivity index (χ3v) is 6.39. The second-order valence-corrected chi connectivity index (χ2v) is 10.7. The number of ether oxygens (including phenoxy) is 2. The Hall–Kier alpha value is -4.40. The maximum Gasteiger partial charge on any atom is 0.415 e. The van der Waals surface area contributed by atoms with Crippen molar-refractivity contribution in [2.75, 3.05) is 4.90 Å². The van der Waals surface area contributed by atoms with Gasteiger partial charge in [0.2, 0.25) is 0 Å². The lowest BCUT2D eigenvalue weighted by molar-refractivity contribution is 0.0576. The van der Waals surface area contributed by atoms with Crippen molar-refractivity contribution < 1.29 is 19.4 Å². The minimum atomic E-state index is -0.788. The number of benzene rings is 2. The third kappa shape index (κ3) is 6.93. The lowest BCUT2D eigenvalue weighted by atomic mass is 9.98. The topological polar surface area (TPSA) is 119 Å². The number of aliphatic hydroxyl groups excluding tert-OH is 1. The van der Waals surface area contributed by atoms with Gasteiger partial charge in [-0.25, -0.2) is 4.79 Å². The molecule has 0 bridgehead atoms. The zero-order valence-corrected chi connectivity index (χ0v) is 22.6. The molecule has 8 heteroatoms. The van der Waals surface area contributed by atoms with Gasteiger partial charge in [0.1, 0.15) is 18.0 Å². The number of carbonyl (C=O) groups excluding carboxylic acids is 1. The van der Waals surface area contributed by atoms with E-state index in [1.54, 1.807) is 69.4 Å². The molecule has 0 aliphatic heterocycles. The summed E-state index contributed by atoms with van der Waals surface area (Å²) in [6, 6.07) is 18.1. The Balaban J connectivity index is 1.73. The van der Waals surface area contributed by atoms with E-state index in [9.17, 15) is 20.4 Å². The van der Waals surface area contributed by atoms with E-state index in [1.807, 2.05) is 13.0 Å². The first kappa shape index (κ1) is 27.6. The summed E-state index contributed by atoms with van der Waals surface area (Å²) in [5.41, 5.74) is 3.50. The number of nitriles is 2. The van der Waals surface area contributed by atoms with Crippen molar-refractivity contribution in [2.24, 2.45) is 5.92 Å². The first-order valence-corrected chi connectivity index (χ1v) is 12.9. The molecule has 1 saturated carbocycles. The minimum absolute atomic E-state index is 0.0769. The van der Waals surface area contributed by atoms with Crippen LogP contribution >= 0.6 is 0 Å². The van der Waals surface area contributed by atoms with Crippen molar-refractivity contribution >= 4 is 11.8 Å². The lowest BCUT2D eigenvalue weighted by Crippen LogP contribution is -2.37. The fourth-order valence-electron chi connectivity index (χ4n) is 4.27. The van der Waals surface area contributed by atoms with Crippen molar-refractivity contribution in [1.29, 1.82) is 10.5 Å². The number of hydrogen-bond donors (Lipinski definition) is 1. The zero-order valence-electron chi connectivity index (χ0n) is 22.6. The molecule has 200 valence electrons. The second-order valence-electron chi connectivity index (χ2n) is 10.7. The number of aliphatic hydroxyl groups is 1. The molecule has 8 nitrogen and oxygen atoms in total. The van der Waals surface area contributed by atoms with Crippen molar-refractivity contribution in [3.8, 4) is 17.9 Å². The van der Waals surface area contributed by atoms with Crippen molar-refractivity contribution in [3.63, 3.8) is 0 Å². The molecule has 0 saturated heterocycles. The standard InChI is InChI=1S/C31H32N4O4/c1-20-29(38-19-23-7-5-6-22(14-23)16-33)27(28(36)24-10-11-24)25(17-34-20)18-35(30(37)39-31(2,3)4)26-12-8-21(15-32)9-13-26/h5-9,12-14,17,24,28,36H,10-11,18-19H2,1-4H3. The summed E-state index contributed by atoms with van der Waals surface area (Å²) in [5.74, 6) is 0.568. The van der Waals surface area contributed by atoms with Gasteiger partial charge in [0.05, 0.1) is 41.6 Å². The molecule has 0 radical (unpaired) electrons. The molecule has 39 heavy (non-hydrogen) atoms. The molecule has 1 heterocycles. The molecule has 0 spiro atoms. The first-order chi connectivity index (χ1) is 18.6. The average Bonchev–Trinajstić information content (AvgIpc) is 3.76. The largest absolute Gasteiger partial charge is 0.487 e. The quantitative estimate of drug-likeness (QED) is 0.378. The molecule has 1 aromatic heterocycles. The molecule has 4 rings (SSSR count). The Bertz CT molecular complexity index is 1430. The monoisotopic (exact) mass is 524 g/mol. The smallest absolute Gasteiger partial charge is 0.415 e. The minimum Gasteiger partial charge on any atom is -0.487 e. The Morgan fingerprint density at radius 1 is 1.13 bits per heavy atom. The number of aromatic nitrogens is 1. The van der Waals surface area contributed by atoms with Crippen LogP contribution in [0.5, 0.6) is 5.75 Å². The van der Waals surface area contributed by atoms with Crippen molar-refractivity contribution in [2.45, 2.75) is 65.4 Å². The maximum absolute atomic E-state index is 13.4. The highest BCUT2D eigenvalue weighted by Gasteiger charge is 2.36. The number of nitrogens with zero attached hydrogens (tertiary/aromatic N) is 4. The predicted molar refractivity (Wildman–Crippen MR) is 146 cm³/mol. The lowest BCUT2D eigenvalue weighted by Gasteiger charge is -2.29. The van der Waals surface area contributed by atoms with Crippen LogP contribution in [0.4, 0.5) is 10.5 Å². The number of amides is 1. The van der Waals surface area contributed by atoms with E-state index < -0.39 is 17.8 Å². The molecule has 1 fully saturated rings. The van der Waals surface area contributed by atoms with Gasteiger partial charge in [0.25, 0.3) is 0 Å². The molecule has 1 aliphatic carbocycles. The zero-order chi connectivity index (χ0) is 28.2. The SMILES string of the molecule is Cc1ncc(CN(C(=O)OC(C)(C)C)c2ccc(C#N)cc2)c(C(O)C2CC2)c1OCc1cccc(C#N)c1. The van der Waals surface area contributed by atoms with E-state index in [0.717, 1.165) is 18.4 Å². The highest BCUT2D eigenvalue weighted by Crippen LogP contribution is 2.46. The van der Waals surface area contributed by atoms with Gasteiger partial charge in [0.15, 0.2) is 0 Å². The van der Waals surface area contributed by atoms with E-state index >= 15 is 0 Å². The van der Waals surface area contributed by atoms with Crippen LogP contribution in [0.2, 0.25) is 0 Å². The van der Waals surface area contributed by atoms with Gasteiger partial charge in [0, 0.05) is 17.4 Å². The van der Waals surface area contributed by atoms with Crippen LogP contribution in [-0.4, -0.2) is 21.8 Å². The average molecular weight is 525 g/mol. The van der Waals surface area contributed by atoms with Gasteiger partial charge in [-0.15, -0.1) is 0 Å². The van der Waals surface area contributed by atoms with Crippen molar-refractivity contribution in [1.82, 2.24) is 4.98 Å². The Morgan fingerprint density at radius 3 is 2.44 bits per heavy atom. The number of pyridine rings is 1. The normalized spacial score (nSPS) is 13.6. The molecular weight excluding hydrogens is 492 g/mol. The molecule has 1 atom stereocenters. The summed E-state index contributed by atoms with van der Waals surface area (Å²) in [7, 11) is 0. The van der Waals surface area contributed by atoms with Gasteiger partial charge in [-0.05, 0) is 94.0 Å². The van der Waals surface area contributed by atoms with E-state index in [1.165, 1.54) is 4.90 Å². The first-order valence-electron chi connectivity index (χ1n) is 12.9. The van der Waals surface area contributed by atoms with Crippen LogP contribution in [0.15, 0.2) is 54.7 Å². The Morgan fingerprint density at radius 2 is 1.82 bits per heavy atom. The van der Waals surface area contributed by atoms with Gasteiger partial charge < -0.3 is 14.6 Å². The second kappa shape index (κ2) is 11.6. The van der Waals surface area contributed by atoms with Crippen LogP contribution in [0.25, 0.3) is 0 Å². The number of hydrogen-bond acceptors (Lipinski definition) is 7. The van der Waals surface area contributed by atoms with Crippen LogP contribution < -0.4 is 9.64 Å². The van der Waals surface area contributed by atoms with Crippen LogP contribution in [0, 0.1) is 35.5 Å². The van der Waals surface area contributed by atoms with Crippen LogP contribution in [0.1, 0.15) is 73.2 Å². The van der Waals surface area contributed by atoms with E-state index in [-0.39, 0.29) is 19.1 Å². The van der Waals surface area contributed by atoms with E-state index in [2.05, 4.69) is 17.1 Å². The van der Waals surface area contributed by atoms with Gasteiger partial charge in [-0.2, -0.15) is 10.5 Å². The van der Waals surface area contributed by atoms with Gasteiger partial charge in [-0.3, -0.25) is 9.88 Å². The number of anilines is 1. The molecule has 1 aliphatic rings. The highest BCUT2D eigenvalue weighted by atomic mass is 16.6. The van der Waals surface area contributed by atoms with Crippen LogP contribution in [-0.2, 0) is 17.9 Å². The summed E-state index contributed by atoms with van der Waals surface area (Å²) in [4.78, 5) is 19.4. The summed E-state index contributed by atoms with van der Waals surface area (Å²) in [6.45, 7) is 7.48. The molecule has 1 unspecified atom stereocenters. The molecule has 2 aromatic carbocycles. The van der Waals surface area contributed by atoms with Gasteiger partial charge in [-0.1, -0.05) is 12.1 Å². The van der Waals surface area contributed by atoms with E-state index in [0.29, 0.717) is 39.4 Å². The van der Waals surface area contributed by atoms with Crippen molar-refractivity contribution in [3.05, 3.63) is 88.2 Å². The summed E-state index contributed by atoms with van der Waals surface area (Å²) < 4.78 is 12.0. The predicted octanol–water partition coefficient (Wildman–Crippen LogP) is 6.10. The summed E-state index contributed by atoms with van der Waals surface area (Å²) in [6.07, 6.45) is 2.12. The fourth-order valence-corrected chi connectivity index (χ4v) is 4.27. The number of carbonyl (C=O) groups is 1. The van der Waals surface area contributed by atoms with Crippen LogP contribution in [0.3, 0.4) is 0 Å². The third-order valence-electron chi connectivity index (χ3n) is 6.39. The molecule has 1 amide bonds. The highest BCUT2D eigenvalue weighted by molar-refractivity contribution is 5.88. The number of rotatable bonds is 8.